The summed E-state index contributed by atoms with van der Waals surface area (Å²) in [5.41, 5.74) is 2.89. The molecule has 2 amide bonds. The van der Waals surface area contributed by atoms with Gasteiger partial charge in [0.25, 0.3) is 11.1 Å². The molecule has 4 rings (SSSR count). The second-order valence-corrected chi connectivity index (χ2v) is 11.0. The zero-order chi connectivity index (χ0) is 24.2. The number of nitriles is 1. The molecule has 5 nitrogen and oxygen atoms in total. The maximum absolute atomic E-state index is 12.9. The number of amides is 2. The molecule has 1 saturated heterocycles. The molecule has 1 aliphatic heterocycles. The predicted octanol–water partition coefficient (Wildman–Crippen LogP) is 7.24. The molecule has 0 atom stereocenters. The van der Waals surface area contributed by atoms with Crippen molar-refractivity contribution in [3.63, 3.8) is 0 Å². The van der Waals surface area contributed by atoms with Gasteiger partial charge in [-0.3, -0.25) is 14.5 Å². The number of halogens is 3. The summed E-state index contributed by atoms with van der Waals surface area (Å²) in [5.74, 6) is 0.394. The van der Waals surface area contributed by atoms with Gasteiger partial charge in [0.15, 0.2) is 0 Å². The second-order valence-electron chi connectivity index (χ2n) is 7.27. The SMILES string of the molecule is N#Cc1ccccc1CN1C(=O)S/C(=C/c2cc(I)c(OCc3ccc(Cl)cc3)c(I)c2)C1=O. The highest BCUT2D eigenvalue weighted by atomic mass is 127. The van der Waals surface area contributed by atoms with Crippen molar-refractivity contribution in [3.05, 3.63) is 100.0 Å². The molecule has 0 aromatic heterocycles. The molecular formula is C25H15ClI2N2O3S. The van der Waals surface area contributed by atoms with E-state index < -0.39 is 0 Å². The van der Waals surface area contributed by atoms with Crippen LogP contribution in [-0.4, -0.2) is 16.0 Å². The summed E-state index contributed by atoms with van der Waals surface area (Å²) < 4.78 is 7.81. The van der Waals surface area contributed by atoms with Gasteiger partial charge in [0.1, 0.15) is 12.4 Å². The molecular weight excluding hydrogens is 698 g/mol. The van der Waals surface area contributed by atoms with Gasteiger partial charge >= 0.3 is 0 Å². The average Bonchev–Trinajstić information content (AvgIpc) is 3.07. The Morgan fingerprint density at radius 3 is 2.41 bits per heavy atom. The van der Waals surface area contributed by atoms with Crippen LogP contribution in [0.3, 0.4) is 0 Å². The number of hydrogen-bond acceptors (Lipinski definition) is 5. The highest BCUT2D eigenvalue weighted by molar-refractivity contribution is 14.1. The van der Waals surface area contributed by atoms with Crippen LogP contribution in [0, 0.1) is 18.5 Å². The Labute approximate surface area is 233 Å². The monoisotopic (exact) mass is 712 g/mol. The average molecular weight is 713 g/mol. The molecule has 3 aromatic carbocycles. The fourth-order valence-electron chi connectivity index (χ4n) is 3.26. The van der Waals surface area contributed by atoms with Crippen LogP contribution in [0.25, 0.3) is 6.08 Å². The van der Waals surface area contributed by atoms with E-state index >= 15 is 0 Å². The van der Waals surface area contributed by atoms with Crippen LogP contribution < -0.4 is 4.74 Å². The Morgan fingerprint density at radius 1 is 1.06 bits per heavy atom. The van der Waals surface area contributed by atoms with E-state index in [1.165, 1.54) is 4.90 Å². The molecule has 1 fully saturated rings. The zero-order valence-corrected chi connectivity index (χ0v) is 23.3. The van der Waals surface area contributed by atoms with Crippen molar-refractivity contribution >= 4 is 85.8 Å². The fourth-order valence-corrected chi connectivity index (χ4v) is 6.35. The van der Waals surface area contributed by atoms with Crippen LogP contribution in [0.4, 0.5) is 4.79 Å². The third-order valence-electron chi connectivity index (χ3n) is 4.95. The first-order valence-electron chi connectivity index (χ1n) is 9.95. The van der Waals surface area contributed by atoms with E-state index in [2.05, 4.69) is 51.3 Å². The number of carbonyl (C=O) groups excluding carboxylic acids is 2. The first-order valence-corrected chi connectivity index (χ1v) is 13.3. The lowest BCUT2D eigenvalue weighted by molar-refractivity contribution is -0.123. The Kier molecular flexibility index (Phi) is 8.18. The minimum absolute atomic E-state index is 0.0677. The van der Waals surface area contributed by atoms with Crippen LogP contribution in [0.2, 0.25) is 5.02 Å². The van der Waals surface area contributed by atoms with Gasteiger partial charge in [0, 0.05) is 5.02 Å². The molecule has 1 heterocycles. The molecule has 170 valence electrons. The molecule has 0 bridgehead atoms. The van der Waals surface area contributed by atoms with Gasteiger partial charge in [0.2, 0.25) is 0 Å². The molecule has 0 N–H and O–H groups in total. The lowest BCUT2D eigenvalue weighted by atomic mass is 10.1. The number of hydrogen-bond donors (Lipinski definition) is 0. The normalized spacial score (nSPS) is 14.5. The highest BCUT2D eigenvalue weighted by Crippen LogP contribution is 2.36. The van der Waals surface area contributed by atoms with Crippen molar-refractivity contribution in [1.82, 2.24) is 4.90 Å². The highest BCUT2D eigenvalue weighted by Gasteiger charge is 2.35. The molecule has 3 aromatic rings. The Morgan fingerprint density at radius 2 is 1.74 bits per heavy atom. The third-order valence-corrected chi connectivity index (χ3v) is 7.72. The summed E-state index contributed by atoms with van der Waals surface area (Å²) in [5, 5.41) is 9.61. The summed E-state index contributed by atoms with van der Waals surface area (Å²) in [4.78, 5) is 27.0. The van der Waals surface area contributed by atoms with Gasteiger partial charge in [-0.25, -0.2) is 0 Å². The van der Waals surface area contributed by atoms with Gasteiger partial charge in [0.05, 0.1) is 30.2 Å². The van der Waals surface area contributed by atoms with Crippen molar-refractivity contribution < 1.29 is 14.3 Å². The van der Waals surface area contributed by atoms with E-state index in [4.69, 9.17) is 16.3 Å². The van der Waals surface area contributed by atoms with Gasteiger partial charge in [-0.05, 0) is 110 Å². The van der Waals surface area contributed by atoms with Gasteiger partial charge in [-0.2, -0.15) is 5.26 Å². The van der Waals surface area contributed by atoms with E-state index in [1.54, 1.807) is 30.3 Å². The van der Waals surface area contributed by atoms with E-state index in [-0.39, 0.29) is 17.7 Å². The van der Waals surface area contributed by atoms with Crippen LogP contribution in [0.15, 0.2) is 65.6 Å². The zero-order valence-electron chi connectivity index (χ0n) is 17.4. The second kappa shape index (κ2) is 11.1. The third kappa shape index (κ3) is 5.76. The minimum Gasteiger partial charge on any atom is -0.487 e. The lowest BCUT2D eigenvalue weighted by Crippen LogP contribution is -2.27. The first-order chi connectivity index (χ1) is 16.4. The maximum Gasteiger partial charge on any atom is 0.293 e. The van der Waals surface area contributed by atoms with Crippen molar-refractivity contribution in [2.75, 3.05) is 0 Å². The molecule has 34 heavy (non-hydrogen) atoms. The fraction of sp³-hybridized carbons (Fsp3) is 0.0800. The van der Waals surface area contributed by atoms with Crippen molar-refractivity contribution in [1.29, 1.82) is 5.26 Å². The molecule has 9 heteroatoms. The molecule has 0 unspecified atom stereocenters. The molecule has 0 spiro atoms. The summed E-state index contributed by atoms with van der Waals surface area (Å²) in [6.45, 7) is 0.476. The largest absolute Gasteiger partial charge is 0.487 e. The number of imide groups is 1. The van der Waals surface area contributed by atoms with Gasteiger partial charge in [-0.15, -0.1) is 0 Å². The minimum atomic E-state index is -0.365. The molecule has 1 aliphatic rings. The first kappa shape index (κ1) is 25.0. The van der Waals surface area contributed by atoms with Crippen molar-refractivity contribution in [3.8, 4) is 11.8 Å². The number of thioether (sulfide) groups is 1. The van der Waals surface area contributed by atoms with Gasteiger partial charge < -0.3 is 4.74 Å². The molecule has 0 radical (unpaired) electrons. The lowest BCUT2D eigenvalue weighted by Gasteiger charge is -2.13. The van der Waals surface area contributed by atoms with E-state index in [0.29, 0.717) is 27.7 Å². The Balaban J connectivity index is 1.51. The van der Waals surface area contributed by atoms with Crippen LogP contribution in [0.5, 0.6) is 5.75 Å². The van der Waals surface area contributed by atoms with Crippen LogP contribution >= 0.6 is 68.5 Å². The Hall–Kier alpha value is -2.07. The quantitative estimate of drug-likeness (QED) is 0.199. The number of benzene rings is 3. The number of rotatable bonds is 6. The smallest absolute Gasteiger partial charge is 0.293 e. The number of ether oxygens (including phenoxy) is 1. The number of nitrogens with zero attached hydrogens (tertiary/aromatic N) is 2. The molecule has 0 saturated carbocycles. The van der Waals surface area contributed by atoms with E-state index in [0.717, 1.165) is 35.8 Å². The Bertz CT molecular complexity index is 1330. The summed E-state index contributed by atoms with van der Waals surface area (Å²) in [6.07, 6.45) is 1.72. The number of carbonyl (C=O) groups is 2. The maximum atomic E-state index is 12.9. The summed E-state index contributed by atoms with van der Waals surface area (Å²) in [6, 6.07) is 20.4. The summed E-state index contributed by atoms with van der Waals surface area (Å²) in [7, 11) is 0. The standard InChI is InChI=1S/C25H15ClI2N2O3S/c26-19-7-5-15(6-8-19)14-33-23-20(27)9-16(10-21(23)28)11-22-24(31)30(25(32)34-22)13-18-4-2-1-3-17(18)12-29/h1-11H,13-14H2/b22-11+. The van der Waals surface area contributed by atoms with E-state index in [9.17, 15) is 14.9 Å². The molecule has 0 aliphatic carbocycles. The van der Waals surface area contributed by atoms with Crippen LogP contribution in [0.1, 0.15) is 22.3 Å². The summed E-state index contributed by atoms with van der Waals surface area (Å²) >= 11 is 11.2. The topological polar surface area (TPSA) is 70.4 Å². The predicted molar refractivity (Wildman–Crippen MR) is 150 cm³/mol. The van der Waals surface area contributed by atoms with E-state index in [1.807, 2.05) is 36.4 Å². The van der Waals surface area contributed by atoms with Crippen LogP contribution in [-0.2, 0) is 17.9 Å². The van der Waals surface area contributed by atoms with Gasteiger partial charge in [-0.1, -0.05) is 41.9 Å². The van der Waals surface area contributed by atoms with Crippen molar-refractivity contribution in [2.24, 2.45) is 0 Å². The van der Waals surface area contributed by atoms with Crippen molar-refractivity contribution in [2.45, 2.75) is 13.2 Å².